The summed E-state index contributed by atoms with van der Waals surface area (Å²) in [5, 5.41) is 20.8. The minimum atomic E-state index is -1.09. The Balaban J connectivity index is 1.62. The van der Waals surface area contributed by atoms with Crippen molar-refractivity contribution < 1.29 is 19.3 Å². The number of nitro groups is 1. The van der Waals surface area contributed by atoms with E-state index in [0.29, 0.717) is 5.57 Å². The first-order chi connectivity index (χ1) is 16.3. The number of imide groups is 1. The number of nitriles is 1. The molecular weight excluding hydrogens is 460 g/mol. The third-order valence-electron chi connectivity index (χ3n) is 6.38. The molecule has 10 heteroatoms. The number of hydrogen-bond donors (Lipinski definition) is 0. The highest BCUT2D eigenvalue weighted by Gasteiger charge is 2.63. The third-order valence-corrected chi connectivity index (χ3v) is 6.70. The first-order valence-corrected chi connectivity index (χ1v) is 10.7. The molecule has 2 aromatic rings. The zero-order valence-electron chi connectivity index (χ0n) is 17.4. The minimum Gasteiger partial charge on any atom is -0.359 e. The molecule has 2 fully saturated rings. The van der Waals surface area contributed by atoms with E-state index in [4.69, 9.17) is 11.6 Å². The Bertz CT molecular complexity index is 1380. The zero-order chi connectivity index (χ0) is 24.1. The number of carbonyl (C=O) groups excluding carboxylic acids is 3. The highest BCUT2D eigenvalue weighted by atomic mass is 35.5. The number of carbonyl (C=O) groups is 3. The zero-order valence-corrected chi connectivity index (χ0v) is 18.1. The summed E-state index contributed by atoms with van der Waals surface area (Å²) in [5.41, 5.74) is 0.320. The fourth-order valence-electron chi connectivity index (χ4n) is 4.94. The molecule has 0 aliphatic carbocycles. The van der Waals surface area contributed by atoms with Crippen LogP contribution in [-0.4, -0.2) is 39.5 Å². The van der Waals surface area contributed by atoms with Gasteiger partial charge in [-0.1, -0.05) is 35.9 Å². The Morgan fingerprint density at radius 2 is 1.82 bits per heavy atom. The second kappa shape index (κ2) is 7.93. The average Bonchev–Trinajstić information content (AvgIpc) is 3.31. The van der Waals surface area contributed by atoms with E-state index in [1.54, 1.807) is 35.2 Å². The third kappa shape index (κ3) is 3.11. The van der Waals surface area contributed by atoms with Gasteiger partial charge in [-0.05, 0) is 24.3 Å². The molecule has 0 aromatic heterocycles. The summed E-state index contributed by atoms with van der Waals surface area (Å²) in [4.78, 5) is 54.0. The summed E-state index contributed by atoms with van der Waals surface area (Å²) in [6.45, 7) is 0. The van der Waals surface area contributed by atoms with Gasteiger partial charge in [0.05, 0.1) is 45.2 Å². The largest absolute Gasteiger partial charge is 0.359 e. The van der Waals surface area contributed by atoms with Gasteiger partial charge in [0.15, 0.2) is 5.78 Å². The lowest BCUT2D eigenvalue weighted by Crippen LogP contribution is -2.46. The van der Waals surface area contributed by atoms with E-state index in [1.807, 2.05) is 6.07 Å². The number of benzene rings is 2. The number of hydrogen-bond acceptors (Lipinski definition) is 7. The molecule has 0 radical (unpaired) electrons. The van der Waals surface area contributed by atoms with Crippen molar-refractivity contribution in [3.63, 3.8) is 0 Å². The van der Waals surface area contributed by atoms with Gasteiger partial charge in [0, 0.05) is 23.9 Å². The first-order valence-electron chi connectivity index (χ1n) is 10.3. The average molecular weight is 475 g/mol. The van der Waals surface area contributed by atoms with Gasteiger partial charge in [0.25, 0.3) is 5.69 Å². The number of halogens is 1. The minimum absolute atomic E-state index is 0.0542. The van der Waals surface area contributed by atoms with Crippen molar-refractivity contribution in [1.29, 1.82) is 5.26 Å². The Morgan fingerprint density at radius 1 is 1.09 bits per heavy atom. The van der Waals surface area contributed by atoms with Crippen LogP contribution in [0.4, 0.5) is 11.4 Å². The van der Waals surface area contributed by atoms with Crippen molar-refractivity contribution in [2.75, 3.05) is 4.90 Å². The molecule has 9 nitrogen and oxygen atoms in total. The van der Waals surface area contributed by atoms with Gasteiger partial charge in [-0.3, -0.25) is 24.5 Å². The SMILES string of the molecule is N#CC1=C[C@H]2[C@@H]3C(=O)N(c4ccccc4Cl)C(=O)[C@H]3[C@@H](C(=O)c3cccc([N+](=O)[O-])c3)N2C=C1. The maximum absolute atomic E-state index is 13.6. The van der Waals surface area contributed by atoms with Crippen LogP contribution in [0.3, 0.4) is 0 Å². The Labute approximate surface area is 198 Å². The van der Waals surface area contributed by atoms with Gasteiger partial charge in [0.1, 0.15) is 6.04 Å². The molecule has 0 saturated carbocycles. The maximum atomic E-state index is 13.6. The standard InChI is InChI=1S/C24H15ClN4O5/c25-16-6-1-2-7-17(16)28-23(31)19-18-10-13(12-26)8-9-27(18)21(20(19)24(28)32)22(30)14-4-3-5-15(11-14)29(33)34/h1-11,18-21H/t18-,19-,20+,21-/m0/s1. The van der Waals surface area contributed by atoms with Gasteiger partial charge in [-0.25, -0.2) is 4.90 Å². The number of ketones is 1. The monoisotopic (exact) mass is 474 g/mol. The summed E-state index contributed by atoms with van der Waals surface area (Å²) in [6, 6.07) is 11.9. The number of para-hydroxylation sites is 1. The second-order valence-electron chi connectivity index (χ2n) is 8.12. The summed E-state index contributed by atoms with van der Waals surface area (Å²) in [6.07, 6.45) is 4.60. The van der Waals surface area contributed by atoms with Gasteiger partial charge >= 0.3 is 0 Å². The van der Waals surface area contributed by atoms with Crippen molar-refractivity contribution in [1.82, 2.24) is 4.90 Å². The fraction of sp³-hybridized carbons (Fsp3) is 0.167. The molecule has 3 aliphatic rings. The van der Waals surface area contributed by atoms with Crippen LogP contribution in [0.25, 0.3) is 0 Å². The molecule has 2 saturated heterocycles. The van der Waals surface area contributed by atoms with Crippen molar-refractivity contribution in [2.45, 2.75) is 12.1 Å². The highest BCUT2D eigenvalue weighted by Crippen LogP contribution is 2.47. The van der Waals surface area contributed by atoms with Crippen LogP contribution in [0.2, 0.25) is 5.02 Å². The van der Waals surface area contributed by atoms with Gasteiger partial charge < -0.3 is 4.90 Å². The number of allylic oxidation sites excluding steroid dienone is 2. The molecule has 2 aromatic carbocycles. The topological polar surface area (TPSA) is 125 Å². The number of Topliss-reactive ketones (excluding diaryl/α,β-unsaturated/α-hetero) is 1. The number of nitrogens with zero attached hydrogens (tertiary/aromatic N) is 4. The molecule has 34 heavy (non-hydrogen) atoms. The normalized spacial score (nSPS) is 25.0. The van der Waals surface area contributed by atoms with E-state index in [-0.39, 0.29) is 22.0 Å². The summed E-state index contributed by atoms with van der Waals surface area (Å²) >= 11 is 6.26. The number of fused-ring (bicyclic) bond motifs is 3. The lowest BCUT2D eigenvalue weighted by Gasteiger charge is -2.32. The van der Waals surface area contributed by atoms with Crippen LogP contribution in [-0.2, 0) is 9.59 Å². The molecule has 3 aliphatic heterocycles. The van der Waals surface area contributed by atoms with Crippen molar-refractivity contribution in [3.8, 4) is 6.07 Å². The number of non-ortho nitro benzene ring substituents is 1. The quantitative estimate of drug-likeness (QED) is 0.288. The fourth-order valence-corrected chi connectivity index (χ4v) is 5.16. The molecular formula is C24H15ClN4O5. The number of anilines is 1. The summed E-state index contributed by atoms with van der Waals surface area (Å²) in [7, 11) is 0. The van der Waals surface area contributed by atoms with Gasteiger partial charge in [-0.2, -0.15) is 5.26 Å². The lowest BCUT2D eigenvalue weighted by atomic mass is 9.86. The molecule has 0 unspecified atom stereocenters. The Kier molecular flexibility index (Phi) is 5.03. The predicted octanol–water partition coefficient (Wildman–Crippen LogP) is 3.27. The van der Waals surface area contributed by atoms with E-state index >= 15 is 0 Å². The molecule has 0 spiro atoms. The summed E-state index contributed by atoms with van der Waals surface area (Å²) in [5.74, 6) is -3.61. The van der Waals surface area contributed by atoms with Crippen molar-refractivity contribution in [3.05, 3.63) is 93.2 Å². The van der Waals surface area contributed by atoms with Crippen LogP contribution in [0.1, 0.15) is 10.4 Å². The van der Waals surface area contributed by atoms with Crippen LogP contribution < -0.4 is 4.90 Å². The van der Waals surface area contributed by atoms with Gasteiger partial charge in [0.2, 0.25) is 11.8 Å². The molecule has 0 N–H and O–H groups in total. The predicted molar refractivity (Wildman–Crippen MR) is 121 cm³/mol. The smallest absolute Gasteiger partial charge is 0.270 e. The van der Waals surface area contributed by atoms with E-state index < -0.39 is 46.4 Å². The molecule has 4 atom stereocenters. The highest BCUT2D eigenvalue weighted by molar-refractivity contribution is 6.36. The van der Waals surface area contributed by atoms with Crippen LogP contribution in [0, 0.1) is 33.3 Å². The van der Waals surface area contributed by atoms with Crippen LogP contribution in [0.15, 0.2) is 72.5 Å². The molecule has 3 heterocycles. The molecule has 168 valence electrons. The van der Waals surface area contributed by atoms with Crippen LogP contribution in [0.5, 0.6) is 0 Å². The first kappa shape index (κ1) is 21.6. The summed E-state index contributed by atoms with van der Waals surface area (Å²) < 4.78 is 0. The van der Waals surface area contributed by atoms with E-state index in [1.165, 1.54) is 30.5 Å². The number of amides is 2. The number of nitro benzene ring substituents is 1. The van der Waals surface area contributed by atoms with Crippen molar-refractivity contribution >= 4 is 40.6 Å². The number of rotatable bonds is 4. The van der Waals surface area contributed by atoms with Crippen molar-refractivity contribution in [2.24, 2.45) is 11.8 Å². The molecule has 5 rings (SSSR count). The Morgan fingerprint density at radius 3 is 2.53 bits per heavy atom. The molecule has 2 amide bonds. The second-order valence-corrected chi connectivity index (χ2v) is 8.53. The van der Waals surface area contributed by atoms with Gasteiger partial charge in [-0.15, -0.1) is 0 Å². The van der Waals surface area contributed by atoms with E-state index in [2.05, 4.69) is 0 Å². The lowest BCUT2D eigenvalue weighted by molar-refractivity contribution is -0.384. The van der Waals surface area contributed by atoms with Crippen LogP contribution >= 0.6 is 11.6 Å². The van der Waals surface area contributed by atoms with E-state index in [9.17, 15) is 29.8 Å². The maximum Gasteiger partial charge on any atom is 0.270 e. The Hall–Kier alpha value is -4.29. The van der Waals surface area contributed by atoms with E-state index in [0.717, 1.165) is 11.0 Å². The molecule has 0 bridgehead atoms.